The van der Waals surface area contributed by atoms with Crippen LogP contribution < -0.4 is 5.73 Å². The van der Waals surface area contributed by atoms with Gasteiger partial charge in [0.15, 0.2) is 0 Å². The first-order valence-electron chi connectivity index (χ1n) is 6.84. The molecule has 112 valence electrons. The van der Waals surface area contributed by atoms with E-state index < -0.39 is 5.54 Å². The molecule has 0 aliphatic heterocycles. The predicted molar refractivity (Wildman–Crippen MR) is 80.7 cm³/mol. The number of benzene rings is 1. The lowest BCUT2D eigenvalue weighted by Crippen LogP contribution is -2.34. The van der Waals surface area contributed by atoms with Gasteiger partial charge in [0.2, 0.25) is 0 Å². The van der Waals surface area contributed by atoms with Gasteiger partial charge < -0.3 is 15.2 Å². The maximum atomic E-state index is 12.6. The Kier molecular flexibility index (Phi) is 4.14. The Labute approximate surface area is 124 Å². The van der Waals surface area contributed by atoms with Gasteiger partial charge in [-0.15, -0.1) is 0 Å². The molecule has 21 heavy (non-hydrogen) atoms. The van der Waals surface area contributed by atoms with E-state index >= 15 is 0 Å². The lowest BCUT2D eigenvalue weighted by atomic mass is 9.98. The van der Waals surface area contributed by atoms with Crippen molar-refractivity contribution in [3.63, 3.8) is 0 Å². The van der Waals surface area contributed by atoms with E-state index in [0.29, 0.717) is 17.8 Å². The number of carbonyl (C=O) groups excluding carboxylic acids is 1. The summed E-state index contributed by atoms with van der Waals surface area (Å²) in [5.41, 5.74) is 8.46. The Hall–Kier alpha value is -2.14. The summed E-state index contributed by atoms with van der Waals surface area (Å²) in [7, 11) is 1.76. The Morgan fingerprint density at radius 3 is 2.67 bits per heavy atom. The van der Waals surface area contributed by atoms with Crippen molar-refractivity contribution in [3.05, 3.63) is 52.9 Å². The molecule has 0 aliphatic carbocycles. The van der Waals surface area contributed by atoms with Gasteiger partial charge in [0.05, 0.1) is 5.54 Å². The lowest BCUT2D eigenvalue weighted by molar-refractivity contribution is 0.0782. The van der Waals surface area contributed by atoms with E-state index in [-0.39, 0.29) is 5.91 Å². The Morgan fingerprint density at radius 1 is 1.38 bits per heavy atom. The number of nitrogens with zero attached hydrogens (tertiary/aromatic N) is 2. The number of amides is 1. The van der Waals surface area contributed by atoms with Crippen molar-refractivity contribution in [2.24, 2.45) is 5.73 Å². The van der Waals surface area contributed by atoms with Crippen LogP contribution in [0.4, 0.5) is 0 Å². The quantitative estimate of drug-likeness (QED) is 0.937. The van der Waals surface area contributed by atoms with Gasteiger partial charge in [-0.2, -0.15) is 0 Å². The lowest BCUT2D eigenvalue weighted by Gasteiger charge is -2.21. The molecule has 0 saturated heterocycles. The average molecular weight is 287 g/mol. The van der Waals surface area contributed by atoms with Crippen LogP contribution in [-0.2, 0) is 12.1 Å². The van der Waals surface area contributed by atoms with Crippen molar-refractivity contribution in [1.82, 2.24) is 10.1 Å². The van der Waals surface area contributed by atoms with Crippen molar-refractivity contribution >= 4 is 5.91 Å². The first-order valence-corrected chi connectivity index (χ1v) is 6.84. The van der Waals surface area contributed by atoms with Crippen LogP contribution in [0.25, 0.3) is 0 Å². The van der Waals surface area contributed by atoms with Gasteiger partial charge in [0.1, 0.15) is 17.5 Å². The van der Waals surface area contributed by atoms with Crippen molar-refractivity contribution < 1.29 is 9.32 Å². The fraction of sp³-hybridized carbons (Fsp3) is 0.375. The van der Waals surface area contributed by atoms with Gasteiger partial charge in [-0.25, -0.2) is 0 Å². The number of aromatic nitrogens is 1. The molecule has 0 unspecified atom stereocenters. The Balaban J connectivity index is 2.21. The smallest absolute Gasteiger partial charge is 0.259 e. The normalized spacial score (nSPS) is 11.5. The largest absolute Gasteiger partial charge is 0.364 e. The van der Waals surface area contributed by atoms with Crippen LogP contribution in [0.5, 0.6) is 0 Å². The molecule has 1 amide bonds. The minimum atomic E-state index is -0.721. The summed E-state index contributed by atoms with van der Waals surface area (Å²) in [5.74, 6) is -0.145. The molecule has 5 nitrogen and oxygen atoms in total. The highest BCUT2D eigenvalue weighted by molar-refractivity contribution is 5.95. The third-order valence-corrected chi connectivity index (χ3v) is 3.43. The third-order valence-electron chi connectivity index (χ3n) is 3.43. The molecule has 0 aliphatic rings. The summed E-state index contributed by atoms with van der Waals surface area (Å²) in [6.07, 6.45) is 1.36. The Morgan fingerprint density at radius 2 is 2.05 bits per heavy atom. The highest BCUT2D eigenvalue weighted by Gasteiger charge is 2.28. The number of carbonyl (C=O) groups is 1. The summed E-state index contributed by atoms with van der Waals surface area (Å²) >= 11 is 0. The van der Waals surface area contributed by atoms with Crippen LogP contribution >= 0.6 is 0 Å². The molecule has 1 aromatic heterocycles. The molecule has 0 spiro atoms. The van der Waals surface area contributed by atoms with Crippen molar-refractivity contribution in [3.8, 4) is 0 Å². The fourth-order valence-corrected chi connectivity index (χ4v) is 2.17. The molecule has 1 aromatic carbocycles. The maximum absolute atomic E-state index is 12.6. The van der Waals surface area contributed by atoms with Crippen LogP contribution in [0, 0.1) is 6.92 Å². The topological polar surface area (TPSA) is 72.4 Å². The van der Waals surface area contributed by atoms with Crippen LogP contribution in [-0.4, -0.2) is 23.0 Å². The number of aryl methyl sites for hydroxylation is 1. The van der Waals surface area contributed by atoms with E-state index in [0.717, 1.165) is 11.1 Å². The molecule has 1 heterocycles. The number of hydrogen-bond donors (Lipinski definition) is 1. The number of nitrogens with two attached hydrogens (primary N) is 1. The third kappa shape index (κ3) is 3.31. The van der Waals surface area contributed by atoms with Gasteiger partial charge in [-0.1, -0.05) is 29.4 Å². The van der Waals surface area contributed by atoms with Gasteiger partial charge in [-0.3, -0.25) is 4.79 Å². The summed E-state index contributed by atoms with van der Waals surface area (Å²) in [4.78, 5) is 14.2. The molecule has 0 saturated carbocycles. The highest BCUT2D eigenvalue weighted by atomic mass is 16.5. The zero-order valence-corrected chi connectivity index (χ0v) is 12.9. The van der Waals surface area contributed by atoms with E-state index in [1.807, 2.05) is 31.2 Å². The second-order valence-corrected chi connectivity index (χ2v) is 5.89. The monoisotopic (exact) mass is 287 g/mol. The molecule has 2 rings (SSSR count). The van der Waals surface area contributed by atoms with Crippen molar-refractivity contribution in [1.29, 1.82) is 0 Å². The second-order valence-electron chi connectivity index (χ2n) is 5.89. The van der Waals surface area contributed by atoms with Gasteiger partial charge in [-0.05, 0) is 31.9 Å². The van der Waals surface area contributed by atoms with Gasteiger partial charge in [0.25, 0.3) is 5.91 Å². The molecule has 0 radical (unpaired) electrons. The molecular formula is C16H21N3O2. The van der Waals surface area contributed by atoms with Crippen LogP contribution in [0.2, 0.25) is 0 Å². The maximum Gasteiger partial charge on any atom is 0.259 e. The SMILES string of the molecule is Cc1ccccc1CN(C)C(=O)c1conc1C(C)(C)N. The van der Waals surface area contributed by atoms with Crippen LogP contribution in [0.15, 0.2) is 35.1 Å². The minimum Gasteiger partial charge on any atom is -0.364 e. The molecule has 0 bridgehead atoms. The second kappa shape index (κ2) is 5.69. The van der Waals surface area contributed by atoms with E-state index in [1.165, 1.54) is 6.26 Å². The van der Waals surface area contributed by atoms with Crippen molar-refractivity contribution in [2.75, 3.05) is 7.05 Å². The van der Waals surface area contributed by atoms with E-state index in [1.54, 1.807) is 25.8 Å². The molecule has 0 atom stereocenters. The Bertz CT molecular complexity index is 641. The first kappa shape index (κ1) is 15.3. The number of hydrogen-bond acceptors (Lipinski definition) is 4. The summed E-state index contributed by atoms with van der Waals surface area (Å²) in [6.45, 7) is 6.15. The molecule has 0 fully saturated rings. The summed E-state index contributed by atoms with van der Waals surface area (Å²) in [5, 5.41) is 3.87. The minimum absolute atomic E-state index is 0.145. The average Bonchev–Trinajstić information content (AvgIpc) is 2.89. The molecule has 2 aromatic rings. The molecule has 2 N–H and O–H groups in total. The van der Waals surface area contributed by atoms with Gasteiger partial charge in [0, 0.05) is 13.6 Å². The zero-order valence-electron chi connectivity index (χ0n) is 12.9. The van der Waals surface area contributed by atoms with Crippen molar-refractivity contribution in [2.45, 2.75) is 32.9 Å². The highest BCUT2D eigenvalue weighted by Crippen LogP contribution is 2.21. The van der Waals surface area contributed by atoms with Crippen LogP contribution in [0.3, 0.4) is 0 Å². The summed E-state index contributed by atoms with van der Waals surface area (Å²) in [6, 6.07) is 7.99. The zero-order chi connectivity index (χ0) is 15.6. The molecular weight excluding hydrogens is 266 g/mol. The fourth-order valence-electron chi connectivity index (χ4n) is 2.17. The predicted octanol–water partition coefficient (Wildman–Crippen LogP) is 2.45. The van der Waals surface area contributed by atoms with E-state index in [9.17, 15) is 4.79 Å². The van der Waals surface area contributed by atoms with Crippen LogP contribution in [0.1, 0.15) is 41.0 Å². The van der Waals surface area contributed by atoms with Gasteiger partial charge >= 0.3 is 0 Å². The van der Waals surface area contributed by atoms with E-state index in [2.05, 4.69) is 5.16 Å². The number of rotatable bonds is 4. The summed E-state index contributed by atoms with van der Waals surface area (Å²) < 4.78 is 4.94. The standard InChI is InChI=1S/C16H21N3O2/c1-11-7-5-6-8-12(11)9-19(4)15(20)13-10-21-18-14(13)16(2,3)17/h5-8,10H,9,17H2,1-4H3. The van der Waals surface area contributed by atoms with E-state index in [4.69, 9.17) is 10.3 Å². The molecule has 5 heteroatoms. The first-order chi connectivity index (χ1) is 9.80.